The van der Waals surface area contributed by atoms with Crippen molar-refractivity contribution in [1.29, 1.82) is 0 Å². The Hall–Kier alpha value is -2.03. The van der Waals surface area contributed by atoms with Gasteiger partial charge < -0.3 is 5.11 Å². The van der Waals surface area contributed by atoms with E-state index in [0.717, 1.165) is 31.1 Å². The largest absolute Gasteiger partial charge is 0.481 e. The van der Waals surface area contributed by atoms with Crippen molar-refractivity contribution in [3.63, 3.8) is 0 Å². The number of nitrogens with two attached hydrogens (primary N) is 1. The molecule has 0 aliphatic rings. The number of carbonyl (C=O) groups is 2. The smallest absolute Gasteiger partial charge is 0.300 e. The van der Waals surface area contributed by atoms with Crippen LogP contribution in [0.1, 0.15) is 87.9 Å². The van der Waals surface area contributed by atoms with Crippen LogP contribution in [0.4, 0.5) is 0 Å². The predicted molar refractivity (Wildman–Crippen MR) is 139 cm³/mol. The molecular weight excluding hydrogens is 470 g/mol. The lowest BCUT2D eigenvalue weighted by Gasteiger charge is -2.32. The van der Waals surface area contributed by atoms with Gasteiger partial charge in [0, 0.05) is 29.1 Å². The standard InChI is InChI=1S/C24H35NO3S2.C2H4O2/c1-8-24(9-2,21-15-17(4)22(29-21)30(25,27)28)19-12-10-18(16(3)14-19)11-13-20(26)23(5,6)7;1-2(3)4/h10,12,14-15H,8-9,11,13H2,1-7H3,(H2,25,27,28);1H3,(H,3,4). The van der Waals surface area contributed by atoms with Crippen LogP contribution in [0.5, 0.6) is 0 Å². The van der Waals surface area contributed by atoms with Crippen molar-refractivity contribution in [2.24, 2.45) is 10.6 Å². The van der Waals surface area contributed by atoms with Crippen LogP contribution < -0.4 is 5.14 Å². The second-order valence-corrected chi connectivity index (χ2v) is 12.6. The third-order valence-corrected chi connectivity index (χ3v) is 9.18. The maximum absolute atomic E-state index is 12.3. The molecule has 0 amide bonds. The molecule has 190 valence electrons. The molecule has 0 saturated heterocycles. The van der Waals surface area contributed by atoms with E-state index in [9.17, 15) is 13.2 Å². The van der Waals surface area contributed by atoms with Gasteiger partial charge in [0.05, 0.1) is 0 Å². The van der Waals surface area contributed by atoms with E-state index in [1.165, 1.54) is 28.0 Å². The Bertz CT molecular complexity index is 1120. The van der Waals surface area contributed by atoms with Crippen LogP contribution in [-0.4, -0.2) is 25.3 Å². The zero-order chi connectivity index (χ0) is 26.5. The second-order valence-electron chi connectivity index (χ2n) is 9.75. The molecule has 0 saturated carbocycles. The van der Waals surface area contributed by atoms with Crippen LogP contribution >= 0.6 is 11.3 Å². The molecule has 0 unspecified atom stereocenters. The Labute approximate surface area is 208 Å². The molecular formula is C26H39NO5S2. The number of carboxylic acids is 1. The minimum atomic E-state index is -3.73. The zero-order valence-corrected chi connectivity index (χ0v) is 23.2. The van der Waals surface area contributed by atoms with Gasteiger partial charge in [-0.1, -0.05) is 52.8 Å². The highest BCUT2D eigenvalue weighted by atomic mass is 32.2. The lowest BCUT2D eigenvalue weighted by atomic mass is 9.73. The fourth-order valence-electron chi connectivity index (χ4n) is 4.03. The van der Waals surface area contributed by atoms with Crippen molar-refractivity contribution in [2.75, 3.05) is 0 Å². The summed E-state index contributed by atoms with van der Waals surface area (Å²) in [4.78, 5) is 22.3. The first-order valence-electron chi connectivity index (χ1n) is 11.5. The van der Waals surface area contributed by atoms with Crippen molar-refractivity contribution >= 4 is 33.1 Å². The maximum atomic E-state index is 12.3. The molecule has 2 rings (SSSR count). The number of hydrogen-bond acceptors (Lipinski definition) is 5. The molecule has 1 aromatic carbocycles. The van der Waals surface area contributed by atoms with E-state index in [0.29, 0.717) is 12.0 Å². The minimum absolute atomic E-state index is 0.248. The van der Waals surface area contributed by atoms with Gasteiger partial charge in [0.15, 0.2) is 0 Å². The van der Waals surface area contributed by atoms with Crippen molar-refractivity contribution in [3.8, 4) is 0 Å². The van der Waals surface area contributed by atoms with Gasteiger partial charge in [-0.25, -0.2) is 13.6 Å². The highest BCUT2D eigenvalue weighted by molar-refractivity contribution is 7.91. The highest BCUT2D eigenvalue weighted by Gasteiger charge is 2.34. The van der Waals surface area contributed by atoms with Crippen LogP contribution in [-0.2, 0) is 31.4 Å². The van der Waals surface area contributed by atoms with Crippen LogP contribution in [0.25, 0.3) is 0 Å². The summed E-state index contributed by atoms with van der Waals surface area (Å²) in [7, 11) is -3.73. The number of thiophene rings is 1. The van der Waals surface area contributed by atoms with Gasteiger partial charge in [-0.3, -0.25) is 9.59 Å². The average molecular weight is 510 g/mol. The number of benzene rings is 1. The minimum Gasteiger partial charge on any atom is -0.481 e. The summed E-state index contributed by atoms with van der Waals surface area (Å²) in [5, 5.41) is 12.8. The molecule has 34 heavy (non-hydrogen) atoms. The summed E-state index contributed by atoms with van der Waals surface area (Å²) >= 11 is 1.29. The van der Waals surface area contributed by atoms with Crippen molar-refractivity contribution in [1.82, 2.24) is 0 Å². The normalized spacial score (nSPS) is 12.1. The maximum Gasteiger partial charge on any atom is 0.300 e. The van der Waals surface area contributed by atoms with E-state index in [2.05, 4.69) is 39.0 Å². The summed E-state index contributed by atoms with van der Waals surface area (Å²) in [6, 6.07) is 8.45. The Morgan fingerprint density at radius 1 is 1.03 bits per heavy atom. The zero-order valence-electron chi connectivity index (χ0n) is 21.6. The highest BCUT2D eigenvalue weighted by Crippen LogP contribution is 2.44. The first-order chi connectivity index (χ1) is 15.5. The quantitative estimate of drug-likeness (QED) is 0.470. The summed E-state index contributed by atoms with van der Waals surface area (Å²) in [6.45, 7) is 15.1. The van der Waals surface area contributed by atoms with Crippen LogP contribution in [0.15, 0.2) is 28.5 Å². The number of rotatable bonds is 8. The number of aliphatic carboxylic acids is 1. The summed E-state index contributed by atoms with van der Waals surface area (Å²) in [5.74, 6) is -0.563. The molecule has 0 fully saturated rings. The number of Topliss-reactive ketones (excluding diaryl/α,β-unsaturated/α-hetero) is 1. The van der Waals surface area contributed by atoms with E-state index >= 15 is 0 Å². The molecule has 3 N–H and O–H groups in total. The van der Waals surface area contributed by atoms with Gasteiger partial charge in [0.1, 0.15) is 9.99 Å². The Kier molecular flexibility index (Phi) is 10.2. The fraction of sp³-hybridized carbons (Fsp3) is 0.538. The van der Waals surface area contributed by atoms with Gasteiger partial charge in [0.2, 0.25) is 10.0 Å². The van der Waals surface area contributed by atoms with Gasteiger partial charge in [-0.2, -0.15) is 0 Å². The van der Waals surface area contributed by atoms with Gasteiger partial charge >= 0.3 is 0 Å². The van der Waals surface area contributed by atoms with Gasteiger partial charge in [0.25, 0.3) is 5.97 Å². The van der Waals surface area contributed by atoms with E-state index in [1.54, 1.807) is 6.92 Å². The van der Waals surface area contributed by atoms with E-state index in [-0.39, 0.29) is 20.8 Å². The molecule has 8 heteroatoms. The molecule has 0 radical (unpaired) electrons. The molecule has 1 aromatic heterocycles. The van der Waals surface area contributed by atoms with Crippen molar-refractivity contribution < 1.29 is 23.1 Å². The summed E-state index contributed by atoms with van der Waals surface area (Å²) in [5.41, 5.74) is 3.66. The number of primary sulfonamides is 1. The summed E-state index contributed by atoms with van der Waals surface area (Å²) in [6.07, 6.45) is 2.99. The number of hydrogen-bond donors (Lipinski definition) is 2. The van der Waals surface area contributed by atoms with E-state index in [4.69, 9.17) is 15.0 Å². The molecule has 0 atom stereocenters. The number of carboxylic acid groups (broad SMARTS) is 1. The first-order valence-corrected chi connectivity index (χ1v) is 13.8. The molecule has 6 nitrogen and oxygen atoms in total. The number of sulfonamides is 1. The van der Waals surface area contributed by atoms with Crippen LogP contribution in [0.2, 0.25) is 0 Å². The molecule has 2 aromatic rings. The van der Waals surface area contributed by atoms with E-state index < -0.39 is 16.0 Å². The topological polar surface area (TPSA) is 115 Å². The summed E-state index contributed by atoms with van der Waals surface area (Å²) < 4.78 is 24.2. The molecule has 0 aliphatic heterocycles. The average Bonchev–Trinajstić information content (AvgIpc) is 3.10. The molecule has 1 heterocycles. The first kappa shape index (κ1) is 30.0. The second kappa shape index (κ2) is 11.6. The molecule has 0 bridgehead atoms. The third kappa shape index (κ3) is 7.48. The Morgan fingerprint density at radius 2 is 1.56 bits per heavy atom. The Balaban J connectivity index is 0.00000133. The molecule has 0 aliphatic carbocycles. The fourth-order valence-corrected chi connectivity index (χ4v) is 6.53. The SMILES string of the molecule is CC(=O)O.CCC(CC)(c1ccc(CCC(=O)C(C)(C)C)c(C)c1)c1cc(C)c(S(N)(=O)=O)s1. The predicted octanol–water partition coefficient (Wildman–Crippen LogP) is 5.76. The Morgan fingerprint density at radius 3 is 1.94 bits per heavy atom. The number of aryl methyl sites for hydroxylation is 3. The van der Waals surface area contributed by atoms with E-state index in [1.807, 2.05) is 26.8 Å². The number of ketones is 1. The van der Waals surface area contributed by atoms with Gasteiger partial charge in [-0.15, -0.1) is 11.3 Å². The monoisotopic (exact) mass is 509 g/mol. The van der Waals surface area contributed by atoms with Crippen LogP contribution in [0.3, 0.4) is 0 Å². The third-order valence-electron chi connectivity index (χ3n) is 6.16. The lowest BCUT2D eigenvalue weighted by molar-refractivity contribution is -0.134. The lowest BCUT2D eigenvalue weighted by Crippen LogP contribution is -2.25. The number of carbonyl (C=O) groups excluding carboxylic acids is 1. The van der Waals surface area contributed by atoms with Crippen molar-refractivity contribution in [2.45, 2.75) is 90.7 Å². The van der Waals surface area contributed by atoms with Gasteiger partial charge in [-0.05, 0) is 61.4 Å². The van der Waals surface area contributed by atoms with Crippen LogP contribution in [0, 0.1) is 19.3 Å². The van der Waals surface area contributed by atoms with Crippen molar-refractivity contribution in [3.05, 3.63) is 51.4 Å². The molecule has 0 spiro atoms.